The first kappa shape index (κ1) is 12.0. The van der Waals surface area contributed by atoms with E-state index in [1.807, 2.05) is 0 Å². The van der Waals surface area contributed by atoms with E-state index < -0.39 is 0 Å². The maximum Gasteiger partial charge on any atom is 0.132 e. The van der Waals surface area contributed by atoms with Crippen molar-refractivity contribution in [1.82, 2.24) is 0 Å². The summed E-state index contributed by atoms with van der Waals surface area (Å²) in [6.45, 7) is 4.18. The van der Waals surface area contributed by atoms with Crippen LogP contribution in [-0.2, 0) is 11.2 Å². The number of carbonyl (C=O) groups excluding carboxylic acids is 1. The Morgan fingerprint density at radius 2 is 1.93 bits per heavy atom. The van der Waals surface area contributed by atoms with Crippen molar-refractivity contribution in [2.75, 3.05) is 0 Å². The summed E-state index contributed by atoms with van der Waals surface area (Å²) in [5.41, 5.74) is 2.71. The first-order valence-corrected chi connectivity index (χ1v) is 5.80. The number of aryl methyl sites for hydroxylation is 2. The average molecular weight is 204 g/mol. The van der Waals surface area contributed by atoms with Gasteiger partial charge in [0.1, 0.15) is 5.78 Å². The molecule has 0 spiro atoms. The van der Waals surface area contributed by atoms with Gasteiger partial charge in [-0.05, 0) is 37.3 Å². The monoisotopic (exact) mass is 204 g/mol. The predicted octanol–water partition coefficient (Wildman–Crippen LogP) is 3.69. The Morgan fingerprint density at radius 1 is 1.20 bits per heavy atom. The molecule has 0 saturated carbocycles. The average Bonchev–Trinajstić information content (AvgIpc) is 2.21. The molecule has 0 fully saturated rings. The standard InChI is InChI=1S/C14H20O/c1-3-7-14(15)11-6-10-13-9-5-4-8-12(13)2/h4-5,8-9H,3,6-7,10-11H2,1-2H3. The Hall–Kier alpha value is -1.11. The lowest BCUT2D eigenvalue weighted by atomic mass is 10.0. The predicted molar refractivity (Wildman–Crippen MR) is 64.0 cm³/mol. The van der Waals surface area contributed by atoms with Crippen molar-refractivity contribution in [3.8, 4) is 0 Å². The van der Waals surface area contributed by atoms with Crippen molar-refractivity contribution in [1.29, 1.82) is 0 Å². The molecule has 0 atom stereocenters. The van der Waals surface area contributed by atoms with Crippen LogP contribution in [0.15, 0.2) is 24.3 Å². The number of carbonyl (C=O) groups is 1. The minimum absolute atomic E-state index is 0.408. The third-order valence-corrected chi connectivity index (χ3v) is 2.69. The van der Waals surface area contributed by atoms with Gasteiger partial charge in [-0.3, -0.25) is 4.79 Å². The number of hydrogen-bond acceptors (Lipinski definition) is 1. The van der Waals surface area contributed by atoms with Crippen LogP contribution in [0.25, 0.3) is 0 Å². The second-order valence-corrected chi connectivity index (χ2v) is 4.07. The summed E-state index contributed by atoms with van der Waals surface area (Å²) in [4.78, 5) is 11.3. The molecule has 1 aromatic rings. The van der Waals surface area contributed by atoms with E-state index in [2.05, 4.69) is 38.1 Å². The lowest BCUT2D eigenvalue weighted by Gasteiger charge is -2.04. The van der Waals surface area contributed by atoms with E-state index in [4.69, 9.17) is 0 Å². The quantitative estimate of drug-likeness (QED) is 0.690. The molecule has 0 unspecified atom stereocenters. The molecule has 82 valence electrons. The Labute approximate surface area is 92.5 Å². The molecule has 15 heavy (non-hydrogen) atoms. The molecule has 0 radical (unpaired) electrons. The fourth-order valence-corrected chi connectivity index (χ4v) is 1.77. The van der Waals surface area contributed by atoms with E-state index in [1.165, 1.54) is 11.1 Å². The highest BCUT2D eigenvalue weighted by Crippen LogP contribution is 2.11. The molecule has 0 aromatic heterocycles. The first-order chi connectivity index (χ1) is 7.24. The van der Waals surface area contributed by atoms with Crippen molar-refractivity contribution in [3.05, 3.63) is 35.4 Å². The van der Waals surface area contributed by atoms with Gasteiger partial charge in [0, 0.05) is 12.8 Å². The third kappa shape index (κ3) is 4.28. The van der Waals surface area contributed by atoms with Crippen molar-refractivity contribution in [3.63, 3.8) is 0 Å². The van der Waals surface area contributed by atoms with Gasteiger partial charge in [0.05, 0.1) is 0 Å². The largest absolute Gasteiger partial charge is 0.300 e. The lowest BCUT2D eigenvalue weighted by Crippen LogP contribution is -1.98. The van der Waals surface area contributed by atoms with Gasteiger partial charge in [-0.25, -0.2) is 0 Å². The van der Waals surface area contributed by atoms with Crippen molar-refractivity contribution in [2.45, 2.75) is 46.0 Å². The number of rotatable bonds is 6. The highest BCUT2D eigenvalue weighted by Gasteiger charge is 2.01. The van der Waals surface area contributed by atoms with Crippen LogP contribution < -0.4 is 0 Å². The molecule has 1 heteroatoms. The molecule has 0 aliphatic carbocycles. The van der Waals surface area contributed by atoms with Gasteiger partial charge in [0.15, 0.2) is 0 Å². The number of hydrogen-bond donors (Lipinski definition) is 0. The van der Waals surface area contributed by atoms with Gasteiger partial charge < -0.3 is 0 Å². The van der Waals surface area contributed by atoms with Crippen LogP contribution in [0.4, 0.5) is 0 Å². The van der Waals surface area contributed by atoms with Gasteiger partial charge in [-0.1, -0.05) is 31.2 Å². The minimum atomic E-state index is 0.408. The van der Waals surface area contributed by atoms with Crippen LogP contribution in [0.3, 0.4) is 0 Å². The Bertz CT molecular complexity index is 315. The molecular formula is C14H20O. The fourth-order valence-electron chi connectivity index (χ4n) is 1.77. The zero-order chi connectivity index (χ0) is 11.1. The van der Waals surface area contributed by atoms with Gasteiger partial charge in [-0.15, -0.1) is 0 Å². The van der Waals surface area contributed by atoms with Crippen LogP contribution in [0.2, 0.25) is 0 Å². The van der Waals surface area contributed by atoms with Gasteiger partial charge in [0.2, 0.25) is 0 Å². The van der Waals surface area contributed by atoms with Crippen molar-refractivity contribution < 1.29 is 4.79 Å². The Balaban J connectivity index is 2.32. The van der Waals surface area contributed by atoms with E-state index in [-0.39, 0.29) is 0 Å². The first-order valence-electron chi connectivity index (χ1n) is 5.80. The summed E-state index contributed by atoms with van der Waals surface area (Å²) in [7, 11) is 0. The molecule has 0 bridgehead atoms. The molecule has 0 saturated heterocycles. The third-order valence-electron chi connectivity index (χ3n) is 2.69. The zero-order valence-electron chi connectivity index (χ0n) is 9.75. The van der Waals surface area contributed by atoms with Gasteiger partial charge >= 0.3 is 0 Å². The molecule has 1 aromatic carbocycles. The molecule has 0 heterocycles. The summed E-state index contributed by atoms with van der Waals surface area (Å²) in [6, 6.07) is 8.40. The summed E-state index contributed by atoms with van der Waals surface area (Å²) in [5.74, 6) is 0.408. The molecule has 0 amide bonds. The summed E-state index contributed by atoms with van der Waals surface area (Å²) < 4.78 is 0. The number of Topliss-reactive ketones (excluding diaryl/α,β-unsaturated/α-hetero) is 1. The Morgan fingerprint density at radius 3 is 2.60 bits per heavy atom. The molecule has 1 rings (SSSR count). The molecule has 0 aliphatic rings. The van der Waals surface area contributed by atoms with E-state index in [1.54, 1.807) is 0 Å². The van der Waals surface area contributed by atoms with E-state index in [0.717, 1.165) is 32.1 Å². The fraction of sp³-hybridized carbons (Fsp3) is 0.500. The van der Waals surface area contributed by atoms with Crippen molar-refractivity contribution >= 4 is 5.78 Å². The van der Waals surface area contributed by atoms with Crippen LogP contribution in [0.1, 0.15) is 43.7 Å². The highest BCUT2D eigenvalue weighted by molar-refractivity contribution is 5.78. The smallest absolute Gasteiger partial charge is 0.132 e. The van der Waals surface area contributed by atoms with Crippen LogP contribution in [0.5, 0.6) is 0 Å². The van der Waals surface area contributed by atoms with Crippen LogP contribution in [-0.4, -0.2) is 5.78 Å². The summed E-state index contributed by atoms with van der Waals surface area (Å²) in [6.07, 6.45) is 4.48. The molecule has 0 N–H and O–H groups in total. The normalized spacial score (nSPS) is 10.3. The zero-order valence-corrected chi connectivity index (χ0v) is 9.75. The van der Waals surface area contributed by atoms with Crippen LogP contribution >= 0.6 is 0 Å². The van der Waals surface area contributed by atoms with E-state index in [9.17, 15) is 4.79 Å². The van der Waals surface area contributed by atoms with E-state index in [0.29, 0.717) is 5.78 Å². The van der Waals surface area contributed by atoms with E-state index >= 15 is 0 Å². The SMILES string of the molecule is CCCC(=O)CCCc1ccccc1C. The second-order valence-electron chi connectivity index (χ2n) is 4.07. The minimum Gasteiger partial charge on any atom is -0.300 e. The Kier molecular flexibility index (Phi) is 5.09. The van der Waals surface area contributed by atoms with Crippen molar-refractivity contribution in [2.24, 2.45) is 0 Å². The number of ketones is 1. The second kappa shape index (κ2) is 6.39. The molecule has 1 nitrogen and oxygen atoms in total. The number of benzene rings is 1. The highest BCUT2D eigenvalue weighted by atomic mass is 16.1. The molecule has 0 aliphatic heterocycles. The lowest BCUT2D eigenvalue weighted by molar-refractivity contribution is -0.119. The summed E-state index contributed by atoms with van der Waals surface area (Å²) in [5, 5.41) is 0. The van der Waals surface area contributed by atoms with Gasteiger partial charge in [0.25, 0.3) is 0 Å². The maximum absolute atomic E-state index is 11.3. The van der Waals surface area contributed by atoms with Crippen LogP contribution in [0, 0.1) is 6.92 Å². The molecular weight excluding hydrogens is 184 g/mol. The van der Waals surface area contributed by atoms with Gasteiger partial charge in [-0.2, -0.15) is 0 Å². The topological polar surface area (TPSA) is 17.1 Å². The maximum atomic E-state index is 11.3. The summed E-state index contributed by atoms with van der Waals surface area (Å²) >= 11 is 0.